The number of benzene rings is 2. The molecule has 0 amide bonds. The van der Waals surface area contributed by atoms with Gasteiger partial charge in [0.25, 0.3) is 0 Å². The number of carbonyl (C=O) groups excluding carboxylic acids is 2. The van der Waals surface area contributed by atoms with E-state index < -0.39 is 17.7 Å². The van der Waals surface area contributed by atoms with Gasteiger partial charge in [-0.25, -0.2) is 0 Å². The second-order valence-electron chi connectivity index (χ2n) is 8.19. The monoisotopic (exact) mass is 436 g/mol. The quantitative estimate of drug-likeness (QED) is 0.439. The van der Waals surface area contributed by atoms with Crippen LogP contribution in [0.15, 0.2) is 53.3 Å². The summed E-state index contributed by atoms with van der Waals surface area (Å²) in [5, 5.41) is 2.01. The van der Waals surface area contributed by atoms with Crippen LogP contribution in [0, 0.1) is 0 Å². The first-order valence-electron chi connectivity index (χ1n) is 10.4. The van der Waals surface area contributed by atoms with E-state index in [4.69, 9.17) is 18.9 Å². The summed E-state index contributed by atoms with van der Waals surface area (Å²) in [4.78, 5) is 37.3. The van der Waals surface area contributed by atoms with Crippen LogP contribution in [0.25, 0.3) is 21.5 Å². The largest absolute Gasteiger partial charge is 0.426 e. The van der Waals surface area contributed by atoms with Gasteiger partial charge in [0.05, 0.1) is 18.1 Å². The second kappa shape index (κ2) is 8.68. The molecule has 1 saturated heterocycles. The van der Waals surface area contributed by atoms with Gasteiger partial charge < -0.3 is 18.9 Å². The molecule has 1 atom stereocenters. The number of hydrogen-bond acceptors (Lipinski definition) is 7. The highest BCUT2D eigenvalue weighted by molar-refractivity contribution is 5.98. The van der Waals surface area contributed by atoms with Crippen molar-refractivity contribution in [1.82, 2.24) is 0 Å². The van der Waals surface area contributed by atoms with Gasteiger partial charge in [-0.1, -0.05) is 36.4 Å². The molecule has 7 heteroatoms. The molecular formula is C25H24O7. The van der Waals surface area contributed by atoms with Crippen molar-refractivity contribution in [3.8, 4) is 11.5 Å². The summed E-state index contributed by atoms with van der Waals surface area (Å²) < 4.78 is 22.0. The minimum absolute atomic E-state index is 0.0541. The molecule has 0 aromatic heterocycles. The average Bonchev–Trinajstić information content (AvgIpc) is 3.01. The summed E-state index contributed by atoms with van der Waals surface area (Å²) in [7, 11) is 0. The smallest absolute Gasteiger partial charge is 0.311 e. The van der Waals surface area contributed by atoms with Crippen LogP contribution in [0.4, 0.5) is 0 Å². The van der Waals surface area contributed by atoms with Gasteiger partial charge in [0, 0.05) is 24.8 Å². The number of ether oxygens (including phenoxy) is 4. The van der Waals surface area contributed by atoms with Gasteiger partial charge in [-0.2, -0.15) is 0 Å². The fourth-order valence-electron chi connectivity index (χ4n) is 3.81. The lowest BCUT2D eigenvalue weighted by Crippen LogP contribution is -2.22. The Morgan fingerprint density at radius 3 is 2.53 bits per heavy atom. The summed E-state index contributed by atoms with van der Waals surface area (Å²) in [5.74, 6) is -1.44. The molecule has 1 unspecified atom stereocenters. The zero-order valence-corrected chi connectivity index (χ0v) is 18.2. The lowest BCUT2D eigenvalue weighted by atomic mass is 10.1. The summed E-state index contributed by atoms with van der Waals surface area (Å²) >= 11 is 0. The first kappa shape index (κ1) is 21.9. The van der Waals surface area contributed by atoms with E-state index in [1.165, 1.54) is 13.0 Å². The summed E-state index contributed by atoms with van der Waals surface area (Å²) in [6.07, 6.45) is 0.405. The van der Waals surface area contributed by atoms with Crippen molar-refractivity contribution in [1.29, 1.82) is 0 Å². The Balaban J connectivity index is 1.65. The normalized spacial score (nSPS) is 17.4. The van der Waals surface area contributed by atoms with E-state index in [1.807, 2.05) is 26.0 Å². The maximum absolute atomic E-state index is 13.2. The summed E-state index contributed by atoms with van der Waals surface area (Å²) in [6, 6.07) is 13.7. The Hall–Kier alpha value is -3.29. The SMILES string of the molecule is CC(=O)Oc1cc(OC(=O)CCC2COC(C)(C)O2)cc2ccc3ccccc3c(=O)c12. The van der Waals surface area contributed by atoms with Crippen LogP contribution in [0.2, 0.25) is 0 Å². The average molecular weight is 436 g/mol. The van der Waals surface area contributed by atoms with Crippen molar-refractivity contribution in [3.05, 3.63) is 58.8 Å². The van der Waals surface area contributed by atoms with Crippen LogP contribution in [-0.4, -0.2) is 30.4 Å². The van der Waals surface area contributed by atoms with Gasteiger partial charge in [0.15, 0.2) is 11.2 Å². The van der Waals surface area contributed by atoms with E-state index in [1.54, 1.807) is 30.3 Å². The molecule has 3 aromatic rings. The van der Waals surface area contributed by atoms with Gasteiger partial charge in [0.1, 0.15) is 11.5 Å². The molecule has 166 valence electrons. The van der Waals surface area contributed by atoms with Crippen LogP contribution in [0.3, 0.4) is 0 Å². The molecule has 1 heterocycles. The maximum atomic E-state index is 13.2. The minimum Gasteiger partial charge on any atom is -0.426 e. The molecule has 0 spiro atoms. The third kappa shape index (κ3) is 4.79. The van der Waals surface area contributed by atoms with E-state index in [9.17, 15) is 14.4 Å². The second-order valence-corrected chi connectivity index (χ2v) is 8.19. The van der Waals surface area contributed by atoms with Crippen LogP contribution in [0.5, 0.6) is 11.5 Å². The first-order valence-corrected chi connectivity index (χ1v) is 10.4. The molecule has 0 saturated carbocycles. The Morgan fingerprint density at radius 2 is 1.81 bits per heavy atom. The predicted molar refractivity (Wildman–Crippen MR) is 119 cm³/mol. The van der Waals surface area contributed by atoms with E-state index in [-0.39, 0.29) is 34.8 Å². The number of carbonyl (C=O) groups is 2. The van der Waals surface area contributed by atoms with Crippen molar-refractivity contribution in [2.75, 3.05) is 6.61 Å². The van der Waals surface area contributed by atoms with Crippen molar-refractivity contribution in [2.24, 2.45) is 0 Å². The molecule has 32 heavy (non-hydrogen) atoms. The molecular weight excluding hydrogens is 412 g/mol. The van der Waals surface area contributed by atoms with Crippen molar-refractivity contribution in [3.63, 3.8) is 0 Å². The van der Waals surface area contributed by atoms with Gasteiger partial charge in [0.2, 0.25) is 0 Å². The molecule has 7 nitrogen and oxygen atoms in total. The Kier molecular flexibility index (Phi) is 5.95. The molecule has 3 aromatic carbocycles. The van der Waals surface area contributed by atoms with Crippen LogP contribution >= 0.6 is 0 Å². The third-order valence-electron chi connectivity index (χ3n) is 5.20. The van der Waals surface area contributed by atoms with Crippen LogP contribution in [0.1, 0.15) is 33.6 Å². The lowest BCUT2D eigenvalue weighted by Gasteiger charge is -2.16. The maximum Gasteiger partial charge on any atom is 0.311 e. The van der Waals surface area contributed by atoms with Crippen molar-refractivity contribution < 1.29 is 28.5 Å². The van der Waals surface area contributed by atoms with Gasteiger partial charge >= 0.3 is 11.9 Å². The first-order chi connectivity index (χ1) is 15.2. The molecule has 1 aliphatic heterocycles. The fraction of sp³-hybridized carbons (Fsp3) is 0.320. The Labute approximate surface area is 184 Å². The van der Waals surface area contributed by atoms with E-state index in [0.29, 0.717) is 23.8 Å². The predicted octanol–water partition coefficient (Wildman–Crippen LogP) is 4.12. The molecule has 0 aliphatic carbocycles. The van der Waals surface area contributed by atoms with E-state index >= 15 is 0 Å². The van der Waals surface area contributed by atoms with Gasteiger partial charge in [-0.15, -0.1) is 0 Å². The fourth-order valence-corrected chi connectivity index (χ4v) is 3.81. The van der Waals surface area contributed by atoms with Gasteiger partial charge in [-0.05, 0) is 37.1 Å². The number of rotatable bonds is 5. The van der Waals surface area contributed by atoms with Crippen LogP contribution < -0.4 is 14.9 Å². The number of fused-ring (bicyclic) bond motifs is 2. The highest BCUT2D eigenvalue weighted by Crippen LogP contribution is 2.31. The third-order valence-corrected chi connectivity index (χ3v) is 5.20. The topological polar surface area (TPSA) is 88.1 Å². The number of esters is 2. The molecule has 1 fully saturated rings. The lowest BCUT2D eigenvalue weighted by molar-refractivity contribution is -0.143. The Bertz CT molecular complexity index is 1260. The zero-order chi connectivity index (χ0) is 22.9. The summed E-state index contributed by atoms with van der Waals surface area (Å²) in [5.41, 5.74) is -0.268. The van der Waals surface area contributed by atoms with Crippen molar-refractivity contribution >= 4 is 33.5 Å². The minimum atomic E-state index is -0.652. The van der Waals surface area contributed by atoms with Crippen molar-refractivity contribution in [2.45, 2.75) is 45.5 Å². The standard InChI is InChI=1S/C25H24O7/c1-15(26)30-21-13-19(31-22(27)11-10-18-14-29-25(2,3)32-18)12-17-9-8-16-6-4-5-7-20(16)24(28)23(17)21/h4-9,12-13,18H,10-11,14H2,1-3H3. The number of hydrogen-bond donors (Lipinski definition) is 0. The Morgan fingerprint density at radius 1 is 1.06 bits per heavy atom. The summed E-state index contributed by atoms with van der Waals surface area (Å²) in [6.45, 7) is 5.32. The highest BCUT2D eigenvalue weighted by Gasteiger charge is 2.32. The van der Waals surface area contributed by atoms with E-state index in [0.717, 1.165) is 5.39 Å². The highest BCUT2D eigenvalue weighted by atomic mass is 16.7. The molecule has 0 N–H and O–H groups in total. The zero-order valence-electron chi connectivity index (χ0n) is 18.2. The van der Waals surface area contributed by atoms with Gasteiger partial charge in [-0.3, -0.25) is 14.4 Å². The molecule has 1 aliphatic rings. The van der Waals surface area contributed by atoms with E-state index in [2.05, 4.69) is 0 Å². The van der Waals surface area contributed by atoms with Crippen LogP contribution in [-0.2, 0) is 19.1 Å². The molecule has 0 bridgehead atoms. The molecule has 0 radical (unpaired) electrons. The molecule has 4 rings (SSSR count).